The third-order valence-corrected chi connectivity index (χ3v) is 6.28. The summed E-state index contributed by atoms with van der Waals surface area (Å²) in [5.74, 6) is 1.46. The lowest BCUT2D eigenvalue weighted by Gasteiger charge is -2.54. The summed E-state index contributed by atoms with van der Waals surface area (Å²) in [5, 5.41) is 3.00. The summed E-state index contributed by atoms with van der Waals surface area (Å²) in [7, 11) is 2.15. The minimum atomic E-state index is -4.78. The summed E-state index contributed by atoms with van der Waals surface area (Å²) < 4.78 is 41.8. The van der Waals surface area contributed by atoms with Crippen molar-refractivity contribution in [3.8, 4) is 17.1 Å². The van der Waals surface area contributed by atoms with Crippen molar-refractivity contribution in [3.63, 3.8) is 0 Å². The molecule has 2 aliphatic rings. The average molecular weight is 471 g/mol. The van der Waals surface area contributed by atoms with Crippen LogP contribution in [0, 0.1) is 5.41 Å². The number of piperidine rings is 1. The Bertz CT molecular complexity index is 1140. The van der Waals surface area contributed by atoms with Crippen molar-refractivity contribution in [2.75, 3.05) is 43.4 Å². The molecule has 34 heavy (non-hydrogen) atoms. The molecule has 2 saturated heterocycles. The zero-order valence-corrected chi connectivity index (χ0v) is 18.6. The van der Waals surface area contributed by atoms with Crippen LogP contribution in [0.5, 0.6) is 5.75 Å². The second-order valence-electron chi connectivity index (χ2n) is 8.89. The summed E-state index contributed by atoms with van der Waals surface area (Å²) in [6.45, 7) is 4.01. The molecule has 1 spiro atoms. The van der Waals surface area contributed by atoms with Crippen molar-refractivity contribution in [1.82, 2.24) is 24.8 Å². The maximum atomic E-state index is 12.6. The summed E-state index contributed by atoms with van der Waals surface area (Å²) in [6.07, 6.45) is 2.11. The Kier molecular flexibility index (Phi) is 5.72. The van der Waals surface area contributed by atoms with Crippen LogP contribution in [0.3, 0.4) is 0 Å². The van der Waals surface area contributed by atoms with Crippen molar-refractivity contribution >= 4 is 17.5 Å². The van der Waals surface area contributed by atoms with Crippen LogP contribution in [0.15, 0.2) is 48.9 Å². The molecule has 2 fully saturated rings. The van der Waals surface area contributed by atoms with Crippen LogP contribution in [-0.4, -0.2) is 64.4 Å². The third-order valence-electron chi connectivity index (χ3n) is 6.28. The maximum absolute atomic E-state index is 12.6. The molecule has 178 valence electrons. The Labute approximate surface area is 194 Å². The Morgan fingerprint density at radius 2 is 1.82 bits per heavy atom. The Morgan fingerprint density at radius 1 is 1.03 bits per heavy atom. The third kappa shape index (κ3) is 5.04. The number of aromatic nitrogens is 4. The molecule has 5 rings (SSSR count). The first-order chi connectivity index (χ1) is 16.3. The lowest BCUT2D eigenvalue weighted by atomic mass is 9.72. The number of likely N-dealkylation sites (tertiary alicyclic amines) is 1. The van der Waals surface area contributed by atoms with Crippen LogP contribution < -0.4 is 15.0 Å². The van der Waals surface area contributed by atoms with Gasteiger partial charge in [-0.3, -0.25) is 4.98 Å². The standard InChI is InChI=1S/C23H24F3N7O/c1-32-9-5-22(6-10-32)14-33(15-22)20-12-19(30-21(31-20)16-3-2-7-27-13-16)29-18-11-17(4-8-28-18)34-23(24,25)26/h2-4,7-8,11-13H,5-6,9-10,14-15H2,1H3,(H,28,29,30,31). The molecule has 0 unspecified atom stereocenters. The van der Waals surface area contributed by atoms with Gasteiger partial charge in [0.15, 0.2) is 5.82 Å². The molecular formula is C23H24F3N7O. The highest BCUT2D eigenvalue weighted by Crippen LogP contribution is 2.42. The molecule has 3 aromatic heterocycles. The Morgan fingerprint density at radius 3 is 2.53 bits per heavy atom. The largest absolute Gasteiger partial charge is 0.573 e. The summed E-state index contributed by atoms with van der Waals surface area (Å²) in [5.41, 5.74) is 1.05. The fraction of sp³-hybridized carbons (Fsp3) is 0.391. The molecule has 11 heteroatoms. The van der Waals surface area contributed by atoms with Gasteiger partial charge in [0.05, 0.1) is 0 Å². The van der Waals surface area contributed by atoms with Gasteiger partial charge in [0.2, 0.25) is 0 Å². The van der Waals surface area contributed by atoms with Gasteiger partial charge >= 0.3 is 6.36 Å². The first-order valence-electron chi connectivity index (χ1n) is 11.0. The zero-order chi connectivity index (χ0) is 23.8. The molecule has 0 saturated carbocycles. The van der Waals surface area contributed by atoms with Crippen LogP contribution in [0.4, 0.5) is 30.6 Å². The van der Waals surface area contributed by atoms with Gasteiger partial charge in [-0.15, -0.1) is 13.2 Å². The molecule has 0 radical (unpaired) electrons. The number of anilines is 3. The number of halogens is 3. The van der Waals surface area contributed by atoms with E-state index in [-0.39, 0.29) is 11.6 Å². The van der Waals surface area contributed by atoms with Crippen molar-refractivity contribution in [1.29, 1.82) is 0 Å². The molecular weight excluding hydrogens is 447 g/mol. The number of alkyl halides is 3. The summed E-state index contributed by atoms with van der Waals surface area (Å²) in [6, 6.07) is 7.78. The van der Waals surface area contributed by atoms with E-state index in [1.807, 2.05) is 6.07 Å². The van der Waals surface area contributed by atoms with Crippen molar-refractivity contribution < 1.29 is 17.9 Å². The first-order valence-corrected chi connectivity index (χ1v) is 11.0. The second kappa shape index (κ2) is 8.71. The lowest BCUT2D eigenvalue weighted by Crippen LogP contribution is -2.60. The van der Waals surface area contributed by atoms with Crippen molar-refractivity contribution in [2.45, 2.75) is 19.2 Å². The average Bonchev–Trinajstić information content (AvgIpc) is 2.78. The van der Waals surface area contributed by atoms with Crippen LogP contribution in [0.2, 0.25) is 0 Å². The maximum Gasteiger partial charge on any atom is 0.573 e. The van der Waals surface area contributed by atoms with Crippen LogP contribution >= 0.6 is 0 Å². The van der Waals surface area contributed by atoms with E-state index in [2.05, 4.69) is 41.9 Å². The van der Waals surface area contributed by atoms with Gasteiger partial charge in [-0.25, -0.2) is 15.0 Å². The van der Waals surface area contributed by atoms with E-state index >= 15 is 0 Å². The van der Waals surface area contributed by atoms with Gasteiger partial charge in [0.25, 0.3) is 0 Å². The van der Waals surface area contributed by atoms with Gasteiger partial charge in [0.1, 0.15) is 23.2 Å². The highest BCUT2D eigenvalue weighted by molar-refractivity contribution is 5.65. The summed E-state index contributed by atoms with van der Waals surface area (Å²) in [4.78, 5) is 22.1. The fourth-order valence-electron chi connectivity index (χ4n) is 4.43. The smallest absolute Gasteiger partial charge is 0.406 e. The normalized spacial score (nSPS) is 17.9. The van der Waals surface area contributed by atoms with Crippen LogP contribution in [-0.2, 0) is 0 Å². The van der Waals surface area contributed by atoms with Crippen LogP contribution in [0.25, 0.3) is 11.4 Å². The van der Waals surface area contributed by atoms with E-state index in [4.69, 9.17) is 4.98 Å². The quantitative estimate of drug-likeness (QED) is 0.596. The van der Waals surface area contributed by atoms with Crippen LogP contribution in [0.1, 0.15) is 12.8 Å². The molecule has 0 atom stereocenters. The minimum absolute atomic E-state index is 0.180. The first kappa shape index (κ1) is 22.3. The number of nitrogens with one attached hydrogen (secondary N) is 1. The van der Waals surface area contributed by atoms with Crippen molar-refractivity contribution in [2.24, 2.45) is 5.41 Å². The molecule has 0 aromatic carbocycles. The number of hydrogen-bond donors (Lipinski definition) is 1. The SMILES string of the molecule is CN1CCC2(CC1)CN(c1cc(Nc3cc(OC(F)(F)F)ccn3)nc(-c3cccnc3)n1)C2. The molecule has 0 amide bonds. The Balaban J connectivity index is 1.41. The molecule has 2 aliphatic heterocycles. The van der Waals surface area contributed by atoms with E-state index in [1.165, 1.54) is 12.3 Å². The number of pyridine rings is 2. The second-order valence-corrected chi connectivity index (χ2v) is 8.89. The molecule has 3 aromatic rings. The van der Waals surface area contributed by atoms with Gasteiger partial charge < -0.3 is 19.9 Å². The molecule has 5 heterocycles. The van der Waals surface area contributed by atoms with Gasteiger partial charge in [-0.1, -0.05) is 0 Å². The lowest BCUT2D eigenvalue weighted by molar-refractivity contribution is -0.274. The predicted molar refractivity (Wildman–Crippen MR) is 121 cm³/mol. The highest BCUT2D eigenvalue weighted by Gasteiger charge is 2.45. The van der Waals surface area contributed by atoms with E-state index in [1.54, 1.807) is 24.5 Å². The number of ether oxygens (including phenoxy) is 1. The highest BCUT2D eigenvalue weighted by atomic mass is 19.4. The molecule has 0 aliphatic carbocycles. The van der Waals surface area contributed by atoms with Gasteiger partial charge in [-0.05, 0) is 51.2 Å². The topological polar surface area (TPSA) is 79.3 Å². The van der Waals surface area contributed by atoms with E-state index in [9.17, 15) is 13.2 Å². The van der Waals surface area contributed by atoms with Crippen molar-refractivity contribution in [3.05, 3.63) is 48.9 Å². The summed E-state index contributed by atoms with van der Waals surface area (Å²) >= 11 is 0. The molecule has 1 N–H and O–H groups in total. The molecule has 8 nitrogen and oxygen atoms in total. The monoisotopic (exact) mass is 471 g/mol. The number of nitrogens with zero attached hydrogens (tertiary/aromatic N) is 6. The fourth-order valence-corrected chi connectivity index (χ4v) is 4.43. The van der Waals surface area contributed by atoms with Gasteiger partial charge in [-0.2, -0.15) is 0 Å². The predicted octanol–water partition coefficient (Wildman–Crippen LogP) is 4.11. The number of hydrogen-bond acceptors (Lipinski definition) is 8. The van der Waals surface area contributed by atoms with Gasteiger partial charge in [0, 0.05) is 54.8 Å². The number of rotatable bonds is 5. The van der Waals surface area contributed by atoms with E-state index in [0.29, 0.717) is 17.1 Å². The molecule has 0 bridgehead atoms. The zero-order valence-electron chi connectivity index (χ0n) is 18.6. The minimum Gasteiger partial charge on any atom is -0.406 e. The Hall–Kier alpha value is -3.47. The van der Waals surface area contributed by atoms with E-state index in [0.717, 1.165) is 56.5 Å². The van der Waals surface area contributed by atoms with E-state index < -0.39 is 6.36 Å².